The zero-order chi connectivity index (χ0) is 19.7. The number of benzene rings is 2. The molecule has 3 aromatic rings. The molecule has 5 nitrogen and oxygen atoms in total. The lowest BCUT2D eigenvalue weighted by Crippen LogP contribution is -2.44. The summed E-state index contributed by atoms with van der Waals surface area (Å²) in [7, 11) is 0. The average Bonchev–Trinajstić information content (AvgIpc) is 2.71. The van der Waals surface area contributed by atoms with Gasteiger partial charge in [0.05, 0.1) is 0 Å². The van der Waals surface area contributed by atoms with E-state index in [1.165, 1.54) is 11.6 Å². The fourth-order valence-corrected chi connectivity index (χ4v) is 3.88. The van der Waals surface area contributed by atoms with Crippen LogP contribution in [0.15, 0.2) is 57.7 Å². The number of carbonyl (C=O) groups excluding carboxylic acids is 1. The van der Waals surface area contributed by atoms with Gasteiger partial charge in [-0.25, -0.2) is 4.79 Å². The molecule has 4 rings (SSSR count). The molecule has 1 amide bonds. The summed E-state index contributed by atoms with van der Waals surface area (Å²) in [5.41, 5.74) is 3.19. The van der Waals surface area contributed by atoms with Crippen molar-refractivity contribution in [2.75, 3.05) is 11.5 Å². The van der Waals surface area contributed by atoms with Crippen LogP contribution in [0.5, 0.6) is 5.75 Å². The van der Waals surface area contributed by atoms with Gasteiger partial charge in [-0.1, -0.05) is 25.1 Å². The Labute approximate surface area is 163 Å². The van der Waals surface area contributed by atoms with Crippen molar-refractivity contribution in [3.63, 3.8) is 0 Å². The van der Waals surface area contributed by atoms with Crippen molar-refractivity contribution in [2.24, 2.45) is 0 Å². The van der Waals surface area contributed by atoms with E-state index < -0.39 is 0 Å². The second-order valence-electron chi connectivity index (χ2n) is 7.17. The second kappa shape index (κ2) is 7.50. The van der Waals surface area contributed by atoms with Crippen molar-refractivity contribution in [3.8, 4) is 5.75 Å². The van der Waals surface area contributed by atoms with Crippen LogP contribution in [0.1, 0.15) is 31.4 Å². The molecular weight excluding hydrogens is 354 g/mol. The van der Waals surface area contributed by atoms with Gasteiger partial charge in [-0.15, -0.1) is 0 Å². The quantitative estimate of drug-likeness (QED) is 0.642. The van der Waals surface area contributed by atoms with Crippen molar-refractivity contribution in [2.45, 2.75) is 39.2 Å². The highest BCUT2D eigenvalue weighted by Gasteiger charge is 2.28. The Morgan fingerprint density at radius 3 is 2.86 bits per heavy atom. The number of anilines is 1. The summed E-state index contributed by atoms with van der Waals surface area (Å²) in [5, 5.41) is 0.888. The molecule has 2 aromatic carbocycles. The van der Waals surface area contributed by atoms with Gasteiger partial charge >= 0.3 is 5.63 Å². The lowest BCUT2D eigenvalue weighted by Gasteiger charge is -2.35. The molecule has 0 aliphatic carbocycles. The first kappa shape index (κ1) is 18.3. The van der Waals surface area contributed by atoms with E-state index in [1.807, 2.05) is 42.2 Å². The van der Waals surface area contributed by atoms with Gasteiger partial charge in [-0.3, -0.25) is 4.79 Å². The summed E-state index contributed by atoms with van der Waals surface area (Å²) in [5.74, 6) is 0.429. The summed E-state index contributed by atoms with van der Waals surface area (Å²) in [4.78, 5) is 26.5. The summed E-state index contributed by atoms with van der Waals surface area (Å²) in [6, 6.07) is 15.0. The molecule has 1 aromatic heterocycles. The van der Waals surface area contributed by atoms with E-state index in [9.17, 15) is 9.59 Å². The number of ether oxygens (including phenoxy) is 1. The van der Waals surface area contributed by atoms with Crippen LogP contribution in [0, 0.1) is 0 Å². The summed E-state index contributed by atoms with van der Waals surface area (Å²) >= 11 is 0. The minimum absolute atomic E-state index is 0.0676. The summed E-state index contributed by atoms with van der Waals surface area (Å²) < 4.78 is 11.1. The molecule has 28 heavy (non-hydrogen) atoms. The first-order valence-electron chi connectivity index (χ1n) is 9.66. The zero-order valence-corrected chi connectivity index (χ0v) is 16.1. The Kier molecular flexibility index (Phi) is 4.90. The highest BCUT2D eigenvalue weighted by atomic mass is 16.5. The van der Waals surface area contributed by atoms with Gasteiger partial charge in [0.25, 0.3) is 5.91 Å². The molecule has 1 aliphatic rings. The number of carbonyl (C=O) groups is 1. The SMILES string of the molecule is CCc1cc(=O)oc2cc(OCC(=O)N3c4ccccc4CCC3C)ccc12. The lowest BCUT2D eigenvalue weighted by atomic mass is 9.96. The third-order valence-corrected chi connectivity index (χ3v) is 5.34. The minimum atomic E-state index is -0.378. The van der Waals surface area contributed by atoms with Crippen molar-refractivity contribution in [1.29, 1.82) is 0 Å². The van der Waals surface area contributed by atoms with E-state index in [2.05, 4.69) is 13.0 Å². The predicted molar refractivity (Wildman–Crippen MR) is 109 cm³/mol. The fourth-order valence-electron chi connectivity index (χ4n) is 3.88. The van der Waals surface area contributed by atoms with Gasteiger partial charge in [-0.2, -0.15) is 0 Å². The van der Waals surface area contributed by atoms with Crippen molar-refractivity contribution in [1.82, 2.24) is 0 Å². The van der Waals surface area contributed by atoms with Crippen LogP contribution in [0.4, 0.5) is 5.69 Å². The van der Waals surface area contributed by atoms with Gasteiger partial charge in [0, 0.05) is 29.2 Å². The van der Waals surface area contributed by atoms with E-state index in [0.717, 1.165) is 35.9 Å². The average molecular weight is 377 g/mol. The molecule has 1 aliphatic heterocycles. The van der Waals surface area contributed by atoms with Crippen molar-refractivity contribution >= 4 is 22.6 Å². The number of amides is 1. The number of hydrogen-bond acceptors (Lipinski definition) is 4. The maximum absolute atomic E-state index is 12.9. The van der Waals surface area contributed by atoms with Gasteiger partial charge in [0.2, 0.25) is 0 Å². The van der Waals surface area contributed by atoms with Gasteiger partial charge in [0.1, 0.15) is 11.3 Å². The molecule has 2 heterocycles. The lowest BCUT2D eigenvalue weighted by molar-refractivity contribution is -0.121. The van der Waals surface area contributed by atoms with Crippen LogP contribution in [0.2, 0.25) is 0 Å². The predicted octanol–water partition coefficient (Wildman–Crippen LogP) is 4.10. The maximum atomic E-state index is 12.9. The van der Waals surface area contributed by atoms with E-state index in [0.29, 0.717) is 11.3 Å². The molecule has 0 fully saturated rings. The van der Waals surface area contributed by atoms with Gasteiger partial charge < -0.3 is 14.1 Å². The number of hydrogen-bond donors (Lipinski definition) is 0. The van der Waals surface area contributed by atoms with E-state index in [1.54, 1.807) is 6.07 Å². The van der Waals surface area contributed by atoms with E-state index >= 15 is 0 Å². The monoisotopic (exact) mass is 377 g/mol. The number of para-hydroxylation sites is 1. The Bertz CT molecular complexity index is 1090. The smallest absolute Gasteiger partial charge is 0.336 e. The Balaban J connectivity index is 1.55. The van der Waals surface area contributed by atoms with Crippen LogP contribution < -0.4 is 15.3 Å². The Morgan fingerprint density at radius 2 is 2.04 bits per heavy atom. The molecule has 0 radical (unpaired) electrons. The molecule has 0 bridgehead atoms. The maximum Gasteiger partial charge on any atom is 0.336 e. The molecule has 1 atom stereocenters. The third-order valence-electron chi connectivity index (χ3n) is 5.34. The normalized spacial score (nSPS) is 16.1. The van der Waals surface area contributed by atoms with Crippen LogP contribution in [-0.2, 0) is 17.6 Å². The standard InChI is InChI=1S/C23H23NO4/c1-3-16-12-23(26)28-21-13-18(10-11-19(16)21)27-14-22(25)24-15(2)8-9-17-6-4-5-7-20(17)24/h4-7,10-13,15H,3,8-9,14H2,1-2H3. The van der Waals surface area contributed by atoms with Crippen LogP contribution in [0.25, 0.3) is 11.0 Å². The molecule has 0 saturated heterocycles. The molecule has 144 valence electrons. The molecule has 0 saturated carbocycles. The molecule has 1 unspecified atom stereocenters. The number of fused-ring (bicyclic) bond motifs is 2. The molecule has 0 spiro atoms. The highest BCUT2D eigenvalue weighted by molar-refractivity contribution is 5.96. The van der Waals surface area contributed by atoms with E-state index in [4.69, 9.17) is 9.15 Å². The zero-order valence-electron chi connectivity index (χ0n) is 16.1. The van der Waals surface area contributed by atoms with Crippen LogP contribution >= 0.6 is 0 Å². The second-order valence-corrected chi connectivity index (χ2v) is 7.17. The first-order chi connectivity index (χ1) is 13.6. The summed E-state index contributed by atoms with van der Waals surface area (Å²) in [6.07, 6.45) is 2.65. The van der Waals surface area contributed by atoms with E-state index in [-0.39, 0.29) is 24.2 Å². The minimum Gasteiger partial charge on any atom is -0.484 e. The molecule has 5 heteroatoms. The largest absolute Gasteiger partial charge is 0.484 e. The topological polar surface area (TPSA) is 59.8 Å². The first-order valence-corrected chi connectivity index (χ1v) is 9.66. The Morgan fingerprint density at radius 1 is 1.21 bits per heavy atom. The number of rotatable bonds is 4. The molecular formula is C23H23NO4. The van der Waals surface area contributed by atoms with Gasteiger partial charge in [-0.05, 0) is 55.5 Å². The van der Waals surface area contributed by atoms with Crippen LogP contribution in [0.3, 0.4) is 0 Å². The Hall–Kier alpha value is -3.08. The number of aryl methyl sites for hydroxylation is 2. The highest BCUT2D eigenvalue weighted by Crippen LogP contribution is 2.30. The van der Waals surface area contributed by atoms with Crippen LogP contribution in [-0.4, -0.2) is 18.6 Å². The van der Waals surface area contributed by atoms with Crippen molar-refractivity contribution in [3.05, 3.63) is 70.1 Å². The summed E-state index contributed by atoms with van der Waals surface area (Å²) in [6.45, 7) is 3.99. The fraction of sp³-hybridized carbons (Fsp3) is 0.304. The number of nitrogens with zero attached hydrogens (tertiary/aromatic N) is 1. The molecule has 0 N–H and O–H groups in total. The third kappa shape index (κ3) is 3.40. The van der Waals surface area contributed by atoms with Gasteiger partial charge in [0.15, 0.2) is 6.61 Å². The van der Waals surface area contributed by atoms with Crippen molar-refractivity contribution < 1.29 is 13.9 Å².